The van der Waals surface area contributed by atoms with Crippen molar-refractivity contribution in [1.82, 2.24) is 10.2 Å². The third kappa shape index (κ3) is 5.06. The van der Waals surface area contributed by atoms with E-state index in [0.717, 1.165) is 6.42 Å². The molecule has 1 aliphatic rings. The summed E-state index contributed by atoms with van der Waals surface area (Å²) in [6.45, 7) is 6.83. The van der Waals surface area contributed by atoms with Crippen molar-refractivity contribution < 1.29 is 19.4 Å². The molecule has 110 valence electrons. The lowest BCUT2D eigenvalue weighted by Crippen LogP contribution is -2.52. The van der Waals surface area contributed by atoms with Crippen LogP contribution in [-0.2, 0) is 9.53 Å². The van der Waals surface area contributed by atoms with E-state index in [2.05, 4.69) is 5.32 Å². The molecule has 6 heteroatoms. The van der Waals surface area contributed by atoms with Crippen molar-refractivity contribution >= 4 is 12.1 Å². The van der Waals surface area contributed by atoms with Crippen LogP contribution in [0.25, 0.3) is 0 Å². The van der Waals surface area contributed by atoms with Gasteiger partial charge in [0.1, 0.15) is 11.6 Å². The molecule has 0 aromatic heterocycles. The van der Waals surface area contributed by atoms with Gasteiger partial charge in [0.25, 0.3) is 0 Å². The van der Waals surface area contributed by atoms with Gasteiger partial charge in [-0.3, -0.25) is 4.79 Å². The van der Waals surface area contributed by atoms with Crippen molar-refractivity contribution in [2.75, 3.05) is 20.1 Å². The summed E-state index contributed by atoms with van der Waals surface area (Å²) in [6.07, 6.45) is 1.10. The Labute approximate surface area is 114 Å². The fraction of sp³-hybridized carbons (Fsp3) is 0.846. The van der Waals surface area contributed by atoms with E-state index in [9.17, 15) is 9.59 Å². The Morgan fingerprint density at radius 2 is 2.00 bits per heavy atom. The minimum atomic E-state index is -0.828. The molecule has 2 N–H and O–H groups in total. The molecule has 1 heterocycles. The summed E-state index contributed by atoms with van der Waals surface area (Å²) >= 11 is 0. The van der Waals surface area contributed by atoms with E-state index in [-0.39, 0.29) is 6.09 Å². The molecule has 6 nitrogen and oxygen atoms in total. The molecule has 0 radical (unpaired) electrons. The quantitative estimate of drug-likeness (QED) is 0.789. The molecule has 0 aliphatic carbocycles. The summed E-state index contributed by atoms with van der Waals surface area (Å²) in [7, 11) is 1.65. The average Bonchev–Trinajstić information content (AvgIpc) is 2.17. The number of likely N-dealkylation sites (N-methyl/N-ethyl adjacent to an activating group) is 1. The first-order valence-electron chi connectivity index (χ1n) is 6.61. The minimum Gasteiger partial charge on any atom is -0.480 e. The van der Waals surface area contributed by atoms with Gasteiger partial charge in [0.15, 0.2) is 0 Å². The molecule has 0 aromatic rings. The van der Waals surface area contributed by atoms with E-state index in [0.29, 0.717) is 25.4 Å². The summed E-state index contributed by atoms with van der Waals surface area (Å²) < 4.78 is 5.26. The number of carboxylic acid groups (broad SMARTS) is 1. The number of hydrogen-bond acceptors (Lipinski definition) is 4. The maximum Gasteiger partial charge on any atom is 0.410 e. The largest absolute Gasteiger partial charge is 0.480 e. The normalized spacial score (nSPS) is 17.8. The van der Waals surface area contributed by atoms with Crippen molar-refractivity contribution in [3.8, 4) is 0 Å². The maximum atomic E-state index is 11.7. The molecule has 1 saturated heterocycles. The third-order valence-electron chi connectivity index (χ3n) is 3.12. The second-order valence-electron chi connectivity index (χ2n) is 6.01. The highest BCUT2D eigenvalue weighted by molar-refractivity contribution is 5.73. The van der Waals surface area contributed by atoms with Crippen LogP contribution in [0.1, 0.15) is 33.6 Å². The van der Waals surface area contributed by atoms with Gasteiger partial charge in [0.05, 0.1) is 0 Å². The van der Waals surface area contributed by atoms with Crippen LogP contribution in [-0.4, -0.2) is 53.8 Å². The number of amides is 1. The SMILES string of the molecule is CN[C@@H](CCC1CN(C(=O)OC(C)(C)C)C1)C(=O)O. The van der Waals surface area contributed by atoms with Gasteiger partial charge in [-0.2, -0.15) is 0 Å². The van der Waals surface area contributed by atoms with E-state index in [1.54, 1.807) is 11.9 Å². The molecule has 1 amide bonds. The Morgan fingerprint density at radius 3 is 2.42 bits per heavy atom. The highest BCUT2D eigenvalue weighted by Crippen LogP contribution is 2.23. The number of carbonyl (C=O) groups is 2. The zero-order valence-corrected chi connectivity index (χ0v) is 12.1. The topological polar surface area (TPSA) is 78.9 Å². The monoisotopic (exact) mass is 272 g/mol. The number of nitrogens with one attached hydrogen (secondary N) is 1. The second kappa shape index (κ2) is 6.23. The number of carboxylic acids is 1. The third-order valence-corrected chi connectivity index (χ3v) is 3.12. The first-order chi connectivity index (χ1) is 8.73. The van der Waals surface area contributed by atoms with Crippen LogP contribution >= 0.6 is 0 Å². The van der Waals surface area contributed by atoms with E-state index in [1.807, 2.05) is 20.8 Å². The Kier molecular flexibility index (Phi) is 5.17. The number of nitrogens with zero attached hydrogens (tertiary/aromatic N) is 1. The zero-order valence-electron chi connectivity index (χ0n) is 12.1. The average molecular weight is 272 g/mol. The first-order valence-corrected chi connectivity index (χ1v) is 6.61. The molecule has 0 spiro atoms. The number of likely N-dealkylation sites (tertiary alicyclic amines) is 1. The van der Waals surface area contributed by atoms with Gasteiger partial charge in [-0.15, -0.1) is 0 Å². The molecule has 0 unspecified atom stereocenters. The zero-order chi connectivity index (χ0) is 14.6. The lowest BCUT2D eigenvalue weighted by atomic mass is 9.93. The molecule has 0 bridgehead atoms. The smallest absolute Gasteiger partial charge is 0.410 e. The van der Waals surface area contributed by atoms with Crippen LogP contribution in [0.2, 0.25) is 0 Å². The molecule has 1 rings (SSSR count). The van der Waals surface area contributed by atoms with Gasteiger partial charge in [0.2, 0.25) is 0 Å². The van der Waals surface area contributed by atoms with Gasteiger partial charge in [0, 0.05) is 13.1 Å². The van der Waals surface area contributed by atoms with Crippen LogP contribution < -0.4 is 5.32 Å². The lowest BCUT2D eigenvalue weighted by Gasteiger charge is -2.40. The minimum absolute atomic E-state index is 0.285. The molecular weight excluding hydrogens is 248 g/mol. The predicted octanol–water partition coefficient (Wildman–Crippen LogP) is 1.31. The lowest BCUT2D eigenvalue weighted by molar-refractivity contribution is -0.139. The summed E-state index contributed by atoms with van der Waals surface area (Å²) in [5.74, 6) is -0.450. The van der Waals surface area contributed by atoms with Crippen molar-refractivity contribution in [3.63, 3.8) is 0 Å². The van der Waals surface area contributed by atoms with Gasteiger partial charge >= 0.3 is 12.1 Å². The van der Waals surface area contributed by atoms with Crippen molar-refractivity contribution in [2.24, 2.45) is 5.92 Å². The van der Waals surface area contributed by atoms with Crippen LogP contribution in [0.3, 0.4) is 0 Å². The summed E-state index contributed by atoms with van der Waals surface area (Å²) in [4.78, 5) is 24.2. The van der Waals surface area contributed by atoms with Crippen LogP contribution in [0.5, 0.6) is 0 Å². The van der Waals surface area contributed by atoms with Gasteiger partial charge < -0.3 is 20.1 Å². The van der Waals surface area contributed by atoms with Crippen LogP contribution in [0, 0.1) is 5.92 Å². The Balaban J connectivity index is 2.23. The van der Waals surface area contributed by atoms with E-state index in [1.165, 1.54) is 0 Å². The number of rotatable bonds is 5. The Morgan fingerprint density at radius 1 is 1.42 bits per heavy atom. The number of aliphatic carboxylic acids is 1. The summed E-state index contributed by atoms with van der Waals surface area (Å²) in [5.41, 5.74) is -0.470. The van der Waals surface area contributed by atoms with Crippen LogP contribution in [0.15, 0.2) is 0 Å². The highest BCUT2D eigenvalue weighted by atomic mass is 16.6. The number of ether oxygens (including phenoxy) is 1. The van der Waals surface area contributed by atoms with Gasteiger partial charge in [-0.1, -0.05) is 0 Å². The molecule has 19 heavy (non-hydrogen) atoms. The predicted molar refractivity (Wildman–Crippen MR) is 71.0 cm³/mol. The van der Waals surface area contributed by atoms with Crippen molar-refractivity contribution in [2.45, 2.75) is 45.3 Å². The van der Waals surface area contributed by atoms with Gasteiger partial charge in [-0.25, -0.2) is 4.79 Å². The summed E-state index contributed by atoms with van der Waals surface area (Å²) in [6, 6.07) is -0.504. The standard InChI is InChI=1S/C13H24N2O4/c1-13(2,3)19-12(18)15-7-9(8-15)5-6-10(14-4)11(16)17/h9-10,14H,5-8H2,1-4H3,(H,16,17)/t10-/m0/s1. The van der Waals surface area contributed by atoms with Crippen molar-refractivity contribution in [3.05, 3.63) is 0 Å². The Bertz CT molecular complexity index is 332. The molecule has 1 aliphatic heterocycles. The number of carbonyl (C=O) groups excluding carboxylic acids is 1. The van der Waals surface area contributed by atoms with Crippen molar-refractivity contribution in [1.29, 1.82) is 0 Å². The molecule has 1 fully saturated rings. The molecular formula is C13H24N2O4. The number of hydrogen-bond donors (Lipinski definition) is 2. The maximum absolute atomic E-state index is 11.7. The molecule has 0 saturated carbocycles. The second-order valence-corrected chi connectivity index (χ2v) is 6.01. The molecule has 0 aromatic carbocycles. The fourth-order valence-corrected chi connectivity index (χ4v) is 2.02. The first kappa shape index (κ1) is 15.8. The van der Waals surface area contributed by atoms with E-state index < -0.39 is 17.6 Å². The summed E-state index contributed by atoms with van der Waals surface area (Å²) in [5, 5.41) is 11.7. The highest BCUT2D eigenvalue weighted by Gasteiger charge is 2.34. The van der Waals surface area contributed by atoms with E-state index >= 15 is 0 Å². The Hall–Kier alpha value is -1.30. The van der Waals surface area contributed by atoms with Gasteiger partial charge in [-0.05, 0) is 46.6 Å². The fourth-order valence-electron chi connectivity index (χ4n) is 2.02. The molecule has 1 atom stereocenters. The van der Waals surface area contributed by atoms with E-state index in [4.69, 9.17) is 9.84 Å². The van der Waals surface area contributed by atoms with Crippen LogP contribution in [0.4, 0.5) is 4.79 Å².